The van der Waals surface area contributed by atoms with Crippen LogP contribution in [0.1, 0.15) is 79.6 Å². The van der Waals surface area contributed by atoms with Gasteiger partial charge in [-0.15, -0.1) is 6.58 Å². The Labute approximate surface area is 132 Å². The van der Waals surface area contributed by atoms with Crippen molar-refractivity contribution in [1.29, 1.82) is 0 Å². The third-order valence-corrected chi connectivity index (χ3v) is 5.02. The molecule has 1 unspecified atom stereocenters. The van der Waals surface area contributed by atoms with E-state index in [4.69, 9.17) is 4.74 Å². The number of hydrogen-bond donors (Lipinski definition) is 1. The number of hydrogen-bond acceptors (Lipinski definition) is 2. The van der Waals surface area contributed by atoms with Crippen molar-refractivity contribution in [2.75, 3.05) is 13.2 Å². The molecule has 0 aromatic carbocycles. The maximum absolute atomic E-state index is 6.36. The Balaban J connectivity index is 2.82. The molecule has 124 valence electrons. The van der Waals surface area contributed by atoms with E-state index in [-0.39, 0.29) is 5.60 Å². The van der Waals surface area contributed by atoms with Gasteiger partial charge in [-0.25, -0.2) is 0 Å². The minimum absolute atomic E-state index is 0.0366. The lowest BCUT2D eigenvalue weighted by Gasteiger charge is -2.48. The summed E-state index contributed by atoms with van der Waals surface area (Å²) >= 11 is 0. The van der Waals surface area contributed by atoms with E-state index in [1.54, 1.807) is 0 Å². The first-order valence-electron chi connectivity index (χ1n) is 8.87. The van der Waals surface area contributed by atoms with Gasteiger partial charge in [0.25, 0.3) is 0 Å². The molecule has 0 radical (unpaired) electrons. The highest BCUT2D eigenvalue weighted by Crippen LogP contribution is 2.44. The summed E-state index contributed by atoms with van der Waals surface area (Å²) in [4.78, 5) is 0. The van der Waals surface area contributed by atoms with Gasteiger partial charge in [-0.05, 0) is 70.8 Å². The molecule has 1 rings (SSSR count). The summed E-state index contributed by atoms with van der Waals surface area (Å²) < 4.78 is 6.36. The Morgan fingerprint density at radius 1 is 1.19 bits per heavy atom. The van der Waals surface area contributed by atoms with Crippen LogP contribution in [0.3, 0.4) is 0 Å². The van der Waals surface area contributed by atoms with E-state index in [9.17, 15) is 0 Å². The van der Waals surface area contributed by atoms with Crippen LogP contribution in [0.15, 0.2) is 12.2 Å². The highest BCUT2D eigenvalue weighted by atomic mass is 16.5. The van der Waals surface area contributed by atoms with E-state index in [2.05, 4.69) is 46.5 Å². The van der Waals surface area contributed by atoms with E-state index in [0.29, 0.717) is 11.5 Å². The molecule has 0 spiro atoms. The molecule has 1 aliphatic carbocycles. The van der Waals surface area contributed by atoms with Crippen LogP contribution in [-0.2, 0) is 4.74 Å². The zero-order valence-corrected chi connectivity index (χ0v) is 15.1. The summed E-state index contributed by atoms with van der Waals surface area (Å²) in [5.41, 5.74) is 1.79. The third-order valence-electron chi connectivity index (χ3n) is 5.02. The Bertz CT molecular complexity index is 312. The number of nitrogens with one attached hydrogen (secondary N) is 1. The van der Waals surface area contributed by atoms with Gasteiger partial charge in [-0.1, -0.05) is 26.3 Å². The van der Waals surface area contributed by atoms with Crippen LogP contribution in [0.4, 0.5) is 0 Å². The smallest absolute Gasteiger partial charge is 0.0835 e. The molecular weight excluding hydrogens is 258 g/mol. The second-order valence-corrected chi connectivity index (χ2v) is 7.66. The van der Waals surface area contributed by atoms with E-state index >= 15 is 0 Å². The van der Waals surface area contributed by atoms with Gasteiger partial charge >= 0.3 is 0 Å². The standard InChI is InChI=1S/C19H37NO/c1-7-15-20-17(10-9-16(3)4)19(21-8-2)13-11-18(5,6)12-14-19/h17,20H,3,7-15H2,1-2,4-6H3. The van der Waals surface area contributed by atoms with Gasteiger partial charge in [-0.2, -0.15) is 0 Å². The van der Waals surface area contributed by atoms with Crippen LogP contribution in [0.2, 0.25) is 0 Å². The molecule has 0 amide bonds. The zero-order chi connectivity index (χ0) is 15.9. The molecule has 1 aliphatic rings. The molecular formula is C19H37NO. The average molecular weight is 296 g/mol. The molecule has 1 atom stereocenters. The van der Waals surface area contributed by atoms with Crippen molar-refractivity contribution in [3.63, 3.8) is 0 Å². The van der Waals surface area contributed by atoms with Crippen molar-refractivity contribution in [1.82, 2.24) is 5.32 Å². The van der Waals surface area contributed by atoms with Gasteiger partial charge in [0.2, 0.25) is 0 Å². The Morgan fingerprint density at radius 3 is 2.29 bits per heavy atom. The SMILES string of the molecule is C=C(C)CCC(NCCC)C1(OCC)CCC(C)(C)CC1. The van der Waals surface area contributed by atoms with Gasteiger partial charge in [0, 0.05) is 12.6 Å². The predicted molar refractivity (Wildman–Crippen MR) is 92.7 cm³/mol. The molecule has 1 N–H and O–H groups in total. The summed E-state index contributed by atoms with van der Waals surface area (Å²) in [5.74, 6) is 0. The summed E-state index contributed by atoms with van der Waals surface area (Å²) in [7, 11) is 0. The van der Waals surface area contributed by atoms with Crippen LogP contribution in [0.25, 0.3) is 0 Å². The highest BCUT2D eigenvalue weighted by molar-refractivity contribution is 5.01. The molecule has 0 heterocycles. The van der Waals surface area contributed by atoms with E-state index < -0.39 is 0 Å². The van der Waals surface area contributed by atoms with Gasteiger partial charge in [0.1, 0.15) is 0 Å². The fourth-order valence-corrected chi connectivity index (χ4v) is 3.49. The minimum atomic E-state index is 0.0366. The molecule has 0 aromatic rings. The van der Waals surface area contributed by atoms with Gasteiger partial charge in [0.05, 0.1) is 5.60 Å². The topological polar surface area (TPSA) is 21.3 Å². The number of allylic oxidation sites excluding steroid dienone is 1. The molecule has 21 heavy (non-hydrogen) atoms. The fraction of sp³-hybridized carbons (Fsp3) is 0.895. The van der Waals surface area contributed by atoms with Gasteiger partial charge in [0.15, 0.2) is 0 Å². The van der Waals surface area contributed by atoms with Crippen molar-refractivity contribution in [2.24, 2.45) is 5.41 Å². The first kappa shape index (κ1) is 18.7. The molecule has 0 aromatic heterocycles. The average Bonchev–Trinajstić information content (AvgIpc) is 2.42. The molecule has 0 aliphatic heterocycles. The lowest BCUT2D eigenvalue weighted by molar-refractivity contribution is -0.107. The Kier molecular flexibility index (Phi) is 7.42. The van der Waals surface area contributed by atoms with Crippen LogP contribution in [-0.4, -0.2) is 24.8 Å². The van der Waals surface area contributed by atoms with E-state index in [1.165, 1.54) is 37.7 Å². The second-order valence-electron chi connectivity index (χ2n) is 7.66. The Hall–Kier alpha value is -0.340. The Morgan fingerprint density at radius 2 is 1.81 bits per heavy atom. The molecule has 0 saturated heterocycles. The zero-order valence-electron chi connectivity index (χ0n) is 15.1. The fourth-order valence-electron chi connectivity index (χ4n) is 3.49. The van der Waals surface area contributed by atoms with E-state index in [0.717, 1.165) is 26.0 Å². The molecule has 2 heteroatoms. The second kappa shape index (κ2) is 8.33. The van der Waals surface area contributed by atoms with Crippen molar-refractivity contribution in [3.8, 4) is 0 Å². The minimum Gasteiger partial charge on any atom is -0.374 e. The number of ether oxygens (including phenoxy) is 1. The largest absolute Gasteiger partial charge is 0.374 e. The molecule has 2 nitrogen and oxygen atoms in total. The summed E-state index contributed by atoms with van der Waals surface area (Å²) in [6, 6.07) is 0.463. The maximum Gasteiger partial charge on any atom is 0.0835 e. The van der Waals surface area contributed by atoms with Gasteiger partial charge in [-0.3, -0.25) is 0 Å². The summed E-state index contributed by atoms with van der Waals surface area (Å²) in [6.45, 7) is 17.3. The summed E-state index contributed by atoms with van der Waals surface area (Å²) in [5, 5.41) is 3.78. The lowest BCUT2D eigenvalue weighted by atomic mass is 9.67. The van der Waals surface area contributed by atoms with Crippen molar-refractivity contribution >= 4 is 0 Å². The quantitative estimate of drug-likeness (QED) is 0.598. The van der Waals surface area contributed by atoms with E-state index in [1.807, 2.05) is 0 Å². The van der Waals surface area contributed by atoms with Crippen molar-refractivity contribution < 1.29 is 4.74 Å². The molecule has 0 bridgehead atoms. The predicted octanol–water partition coefficient (Wildman–Crippen LogP) is 5.09. The highest BCUT2D eigenvalue weighted by Gasteiger charge is 2.44. The van der Waals surface area contributed by atoms with Crippen LogP contribution in [0.5, 0.6) is 0 Å². The normalized spacial score (nSPS) is 22.0. The van der Waals surface area contributed by atoms with Gasteiger partial charge < -0.3 is 10.1 Å². The summed E-state index contributed by atoms with van der Waals surface area (Å²) in [6.07, 6.45) is 8.33. The maximum atomic E-state index is 6.36. The first-order chi connectivity index (χ1) is 9.85. The van der Waals surface area contributed by atoms with Crippen molar-refractivity contribution in [3.05, 3.63) is 12.2 Å². The van der Waals surface area contributed by atoms with Crippen LogP contribution >= 0.6 is 0 Å². The van der Waals surface area contributed by atoms with Crippen molar-refractivity contribution in [2.45, 2.75) is 91.2 Å². The first-order valence-corrected chi connectivity index (χ1v) is 8.87. The lowest BCUT2D eigenvalue weighted by Crippen LogP contribution is -2.55. The monoisotopic (exact) mass is 295 g/mol. The van der Waals surface area contributed by atoms with Crippen LogP contribution < -0.4 is 5.32 Å². The molecule has 1 saturated carbocycles. The molecule has 1 fully saturated rings. The third kappa shape index (κ3) is 5.75. The number of rotatable bonds is 9. The van der Waals surface area contributed by atoms with Crippen LogP contribution in [0, 0.1) is 5.41 Å².